The highest BCUT2D eigenvalue weighted by atomic mass is 79.9. The van der Waals surface area contributed by atoms with Gasteiger partial charge in [-0.2, -0.15) is 0 Å². The Morgan fingerprint density at radius 1 is 0.758 bits per heavy atom. The minimum Gasteiger partial charge on any atom is -0.320 e. The van der Waals surface area contributed by atoms with Crippen LogP contribution in [0.1, 0.15) is 21.6 Å². The minimum atomic E-state index is -0.899. The fourth-order valence-electron chi connectivity index (χ4n) is 3.42. The van der Waals surface area contributed by atoms with Crippen LogP contribution in [0.2, 0.25) is 0 Å². The van der Waals surface area contributed by atoms with Crippen LogP contribution in [0.3, 0.4) is 0 Å². The lowest BCUT2D eigenvalue weighted by atomic mass is 10.2. The van der Waals surface area contributed by atoms with E-state index in [2.05, 4.69) is 32.0 Å². The molecule has 0 bridgehead atoms. The molecular weight excluding hydrogens is 484 g/mol. The molecule has 0 aliphatic rings. The first-order valence-corrected chi connectivity index (χ1v) is 11.0. The molecule has 0 aliphatic carbocycles. The van der Waals surface area contributed by atoms with Gasteiger partial charge in [-0.05, 0) is 61.4 Å². The summed E-state index contributed by atoms with van der Waals surface area (Å²) in [4.78, 5) is 38.4. The van der Waals surface area contributed by atoms with Gasteiger partial charge in [-0.25, -0.2) is 4.68 Å². The molecule has 0 spiro atoms. The number of aryl methyl sites for hydroxylation is 2. The minimum absolute atomic E-state index is 0.184. The van der Waals surface area contributed by atoms with Crippen LogP contribution in [0.4, 0.5) is 11.4 Å². The maximum Gasteiger partial charge on any atom is 0.328 e. The summed E-state index contributed by atoms with van der Waals surface area (Å²) in [6.07, 6.45) is 0. The van der Waals surface area contributed by atoms with E-state index < -0.39 is 17.7 Å². The molecule has 0 aliphatic heterocycles. The molecule has 8 heteroatoms. The van der Waals surface area contributed by atoms with Gasteiger partial charge in [0.1, 0.15) is 5.69 Å². The molecule has 166 valence electrons. The summed E-state index contributed by atoms with van der Waals surface area (Å²) in [5, 5.41) is 6.19. The number of hydrogen-bond acceptors (Lipinski definition) is 3. The molecule has 3 aromatic carbocycles. The number of anilines is 2. The normalized spacial score (nSPS) is 10.6. The number of para-hydroxylation sites is 2. The molecule has 3 amide bonds. The number of carbonyl (C=O) groups excluding carboxylic acids is 3. The number of halogens is 1. The Hall–Kier alpha value is -3.91. The van der Waals surface area contributed by atoms with Crippen LogP contribution >= 0.6 is 15.9 Å². The van der Waals surface area contributed by atoms with E-state index in [4.69, 9.17) is 0 Å². The average molecular weight is 505 g/mol. The Bertz CT molecular complexity index is 1390. The van der Waals surface area contributed by atoms with Gasteiger partial charge in [0, 0.05) is 21.2 Å². The topological polar surface area (TPSA) is 92.2 Å². The van der Waals surface area contributed by atoms with Gasteiger partial charge in [0.2, 0.25) is 0 Å². The fourth-order valence-corrected chi connectivity index (χ4v) is 3.80. The number of benzene rings is 3. The van der Waals surface area contributed by atoms with E-state index >= 15 is 0 Å². The second-order valence-electron chi connectivity index (χ2n) is 7.55. The van der Waals surface area contributed by atoms with Crippen molar-refractivity contribution in [1.82, 2.24) is 4.68 Å². The van der Waals surface area contributed by atoms with Crippen LogP contribution < -0.4 is 16.1 Å². The lowest BCUT2D eigenvalue weighted by Crippen LogP contribution is -2.36. The van der Waals surface area contributed by atoms with Crippen LogP contribution in [-0.4, -0.2) is 22.4 Å². The van der Waals surface area contributed by atoms with Gasteiger partial charge in [-0.1, -0.05) is 52.3 Å². The Balaban J connectivity index is 1.65. The maximum absolute atomic E-state index is 13.1. The first-order valence-electron chi connectivity index (χ1n) is 10.2. The summed E-state index contributed by atoms with van der Waals surface area (Å²) in [5.41, 5.74) is 6.24. The Labute approximate surface area is 198 Å². The summed E-state index contributed by atoms with van der Waals surface area (Å²) >= 11 is 3.42. The largest absolute Gasteiger partial charge is 0.328 e. The van der Waals surface area contributed by atoms with Crippen molar-refractivity contribution in [3.8, 4) is 0 Å². The monoisotopic (exact) mass is 504 g/mol. The maximum atomic E-state index is 13.1. The van der Waals surface area contributed by atoms with Gasteiger partial charge >= 0.3 is 11.8 Å². The standard InChI is InChI=1S/C25H21BrN4O3/c1-15-7-3-5-9-19(15)27-23(31)22-14-17-13-18(26)11-12-21(17)30(22)29-25(33)24(32)28-20-10-6-4-8-16(20)2/h3-14H,1-2H3,(H,27,31)(H,28,32)(H,29,33). The molecule has 7 nitrogen and oxygen atoms in total. The van der Waals surface area contributed by atoms with Gasteiger partial charge in [-0.15, -0.1) is 0 Å². The number of aromatic nitrogens is 1. The SMILES string of the molecule is Cc1ccccc1NC(=O)C(=O)Nn1c(C(=O)Nc2ccccc2C)cc2cc(Br)ccc21. The Kier molecular flexibility index (Phi) is 6.28. The van der Waals surface area contributed by atoms with E-state index in [0.717, 1.165) is 21.0 Å². The summed E-state index contributed by atoms with van der Waals surface area (Å²) < 4.78 is 2.15. The van der Waals surface area contributed by atoms with Crippen molar-refractivity contribution in [2.45, 2.75) is 13.8 Å². The van der Waals surface area contributed by atoms with Crippen molar-refractivity contribution in [2.24, 2.45) is 0 Å². The highest BCUT2D eigenvalue weighted by Gasteiger charge is 2.21. The molecule has 33 heavy (non-hydrogen) atoms. The molecule has 0 radical (unpaired) electrons. The molecule has 0 saturated carbocycles. The van der Waals surface area contributed by atoms with Crippen LogP contribution in [0.25, 0.3) is 10.9 Å². The molecular formula is C25H21BrN4O3. The smallest absolute Gasteiger partial charge is 0.320 e. The molecule has 0 unspecified atom stereocenters. The highest BCUT2D eigenvalue weighted by molar-refractivity contribution is 9.10. The predicted octanol–water partition coefficient (Wildman–Crippen LogP) is 4.98. The van der Waals surface area contributed by atoms with E-state index in [0.29, 0.717) is 16.9 Å². The van der Waals surface area contributed by atoms with Gasteiger partial charge in [-0.3, -0.25) is 19.8 Å². The summed E-state index contributed by atoms with van der Waals surface area (Å²) in [6.45, 7) is 3.72. The molecule has 0 saturated heterocycles. The highest BCUT2D eigenvalue weighted by Crippen LogP contribution is 2.24. The Morgan fingerprint density at radius 2 is 1.36 bits per heavy atom. The molecule has 4 rings (SSSR count). The lowest BCUT2D eigenvalue weighted by molar-refractivity contribution is -0.133. The zero-order valence-corrected chi connectivity index (χ0v) is 19.6. The molecule has 1 heterocycles. The van der Waals surface area contributed by atoms with Crippen LogP contribution in [-0.2, 0) is 9.59 Å². The second kappa shape index (κ2) is 9.30. The van der Waals surface area contributed by atoms with Crippen molar-refractivity contribution < 1.29 is 14.4 Å². The third-order valence-corrected chi connectivity index (χ3v) is 5.70. The molecule has 4 aromatic rings. The quantitative estimate of drug-likeness (QED) is 0.342. The van der Waals surface area contributed by atoms with E-state index in [-0.39, 0.29) is 5.69 Å². The van der Waals surface area contributed by atoms with Gasteiger partial charge in [0.25, 0.3) is 5.91 Å². The van der Waals surface area contributed by atoms with Crippen molar-refractivity contribution in [3.05, 3.63) is 94.1 Å². The Morgan fingerprint density at radius 3 is 2.00 bits per heavy atom. The van der Waals surface area contributed by atoms with E-state index in [9.17, 15) is 14.4 Å². The van der Waals surface area contributed by atoms with Crippen molar-refractivity contribution in [1.29, 1.82) is 0 Å². The third-order valence-electron chi connectivity index (χ3n) is 5.20. The average Bonchev–Trinajstić information content (AvgIpc) is 3.14. The number of carbonyl (C=O) groups is 3. The van der Waals surface area contributed by atoms with Crippen LogP contribution in [0.5, 0.6) is 0 Å². The number of amides is 3. The van der Waals surface area contributed by atoms with Crippen molar-refractivity contribution >= 4 is 55.9 Å². The van der Waals surface area contributed by atoms with Crippen LogP contribution in [0.15, 0.2) is 77.3 Å². The van der Waals surface area contributed by atoms with E-state index in [1.54, 1.807) is 36.4 Å². The zero-order chi connectivity index (χ0) is 23.5. The predicted molar refractivity (Wildman–Crippen MR) is 133 cm³/mol. The van der Waals surface area contributed by atoms with Gasteiger partial charge in [0.05, 0.1) is 5.52 Å². The molecule has 0 atom stereocenters. The van der Waals surface area contributed by atoms with Crippen molar-refractivity contribution in [2.75, 3.05) is 16.1 Å². The van der Waals surface area contributed by atoms with Gasteiger partial charge in [0.15, 0.2) is 0 Å². The molecule has 1 aromatic heterocycles. The summed E-state index contributed by atoms with van der Waals surface area (Å²) in [6, 6.07) is 21.6. The zero-order valence-electron chi connectivity index (χ0n) is 18.0. The summed E-state index contributed by atoms with van der Waals surface area (Å²) in [5.74, 6) is -2.16. The second-order valence-corrected chi connectivity index (χ2v) is 8.46. The number of nitrogens with zero attached hydrogens (tertiary/aromatic N) is 1. The van der Waals surface area contributed by atoms with E-state index in [1.807, 2.05) is 50.2 Å². The molecule has 3 N–H and O–H groups in total. The first-order chi connectivity index (χ1) is 15.8. The molecule has 0 fully saturated rings. The number of nitrogens with one attached hydrogen (secondary N) is 3. The summed E-state index contributed by atoms with van der Waals surface area (Å²) in [7, 11) is 0. The van der Waals surface area contributed by atoms with E-state index in [1.165, 1.54) is 4.68 Å². The lowest BCUT2D eigenvalue weighted by Gasteiger charge is -2.14. The van der Waals surface area contributed by atoms with Crippen LogP contribution in [0, 0.1) is 13.8 Å². The number of fused-ring (bicyclic) bond motifs is 1. The van der Waals surface area contributed by atoms with Gasteiger partial charge < -0.3 is 10.6 Å². The fraction of sp³-hybridized carbons (Fsp3) is 0.0800. The first kappa shape index (κ1) is 22.3. The number of hydrogen-bond donors (Lipinski definition) is 3. The number of rotatable bonds is 4. The third kappa shape index (κ3) is 4.80. The van der Waals surface area contributed by atoms with Crippen molar-refractivity contribution in [3.63, 3.8) is 0 Å².